The van der Waals surface area contributed by atoms with Crippen LogP contribution in [0.5, 0.6) is 5.75 Å². The fourth-order valence-corrected chi connectivity index (χ4v) is 5.43. The van der Waals surface area contributed by atoms with Gasteiger partial charge in [0, 0.05) is 5.56 Å². The van der Waals surface area contributed by atoms with Gasteiger partial charge in [0.2, 0.25) is 0 Å². The Labute approximate surface area is 108 Å². The van der Waals surface area contributed by atoms with Gasteiger partial charge in [-0.05, 0) is 67.8 Å². The van der Waals surface area contributed by atoms with Gasteiger partial charge in [-0.3, -0.25) is 0 Å². The van der Waals surface area contributed by atoms with Crippen molar-refractivity contribution in [1.29, 1.82) is 0 Å². The van der Waals surface area contributed by atoms with Crippen molar-refractivity contribution in [3.63, 3.8) is 0 Å². The summed E-state index contributed by atoms with van der Waals surface area (Å²) in [6, 6.07) is 5.92. The van der Waals surface area contributed by atoms with E-state index in [9.17, 15) is 5.11 Å². The van der Waals surface area contributed by atoms with Crippen molar-refractivity contribution in [2.75, 3.05) is 5.73 Å². The second-order valence-electron chi connectivity index (χ2n) is 6.94. The van der Waals surface area contributed by atoms with Crippen molar-refractivity contribution >= 4 is 5.69 Å². The smallest absolute Gasteiger partial charge is 0.142 e. The van der Waals surface area contributed by atoms with Crippen molar-refractivity contribution in [3.8, 4) is 5.75 Å². The van der Waals surface area contributed by atoms with Gasteiger partial charge < -0.3 is 10.8 Å². The molecule has 0 heterocycles. The number of hydrogen-bond acceptors (Lipinski definition) is 2. The maximum Gasteiger partial charge on any atom is 0.142 e. The van der Waals surface area contributed by atoms with E-state index in [2.05, 4.69) is 6.07 Å². The van der Waals surface area contributed by atoms with E-state index in [0.717, 1.165) is 23.3 Å². The summed E-state index contributed by atoms with van der Waals surface area (Å²) in [6.45, 7) is 0. The Morgan fingerprint density at radius 3 is 2.11 bits per heavy atom. The summed E-state index contributed by atoms with van der Waals surface area (Å²) in [5.41, 5.74) is 7.82. The normalized spacial score (nSPS) is 41.2. The van der Waals surface area contributed by atoms with Crippen LogP contribution in [0, 0.1) is 17.8 Å². The van der Waals surface area contributed by atoms with Crippen LogP contribution < -0.4 is 5.73 Å². The lowest BCUT2D eigenvalue weighted by molar-refractivity contribution is -0.00609. The first-order valence-electron chi connectivity index (χ1n) is 7.24. The second-order valence-corrected chi connectivity index (χ2v) is 6.94. The molecule has 1 aromatic carbocycles. The number of aromatic hydroxyl groups is 1. The highest BCUT2D eigenvalue weighted by Gasteiger charge is 2.52. The molecule has 0 atom stereocenters. The minimum Gasteiger partial charge on any atom is -0.505 e. The van der Waals surface area contributed by atoms with Crippen molar-refractivity contribution in [2.45, 2.75) is 43.9 Å². The van der Waals surface area contributed by atoms with Crippen LogP contribution in [0.2, 0.25) is 0 Å². The summed E-state index contributed by atoms with van der Waals surface area (Å²) < 4.78 is 0. The zero-order valence-electron chi connectivity index (χ0n) is 10.7. The fraction of sp³-hybridized carbons (Fsp3) is 0.625. The molecule has 0 unspecified atom stereocenters. The SMILES string of the molecule is Nc1cccc(C23CC4CC(CC(C4)C2)C3)c1O. The molecule has 4 fully saturated rings. The number of benzene rings is 1. The monoisotopic (exact) mass is 243 g/mol. The molecular formula is C16H21NO. The molecule has 0 aromatic heterocycles. The van der Waals surface area contributed by atoms with Gasteiger partial charge >= 0.3 is 0 Å². The molecule has 5 rings (SSSR count). The second kappa shape index (κ2) is 3.43. The quantitative estimate of drug-likeness (QED) is 0.586. The Morgan fingerprint density at radius 2 is 1.56 bits per heavy atom. The van der Waals surface area contributed by atoms with Crippen molar-refractivity contribution in [1.82, 2.24) is 0 Å². The number of para-hydroxylation sites is 1. The molecule has 4 bridgehead atoms. The van der Waals surface area contributed by atoms with Gasteiger partial charge in [-0.1, -0.05) is 12.1 Å². The third kappa shape index (κ3) is 1.35. The van der Waals surface area contributed by atoms with E-state index in [0.29, 0.717) is 11.4 Å². The maximum atomic E-state index is 10.3. The molecule has 18 heavy (non-hydrogen) atoms. The predicted molar refractivity (Wildman–Crippen MR) is 72.4 cm³/mol. The minimum atomic E-state index is 0.244. The first-order chi connectivity index (χ1) is 8.66. The topological polar surface area (TPSA) is 46.2 Å². The van der Waals surface area contributed by atoms with Crippen LogP contribution in [0.4, 0.5) is 5.69 Å². The summed E-state index contributed by atoms with van der Waals surface area (Å²) in [4.78, 5) is 0. The first-order valence-corrected chi connectivity index (χ1v) is 7.24. The van der Waals surface area contributed by atoms with E-state index in [4.69, 9.17) is 5.73 Å². The zero-order valence-corrected chi connectivity index (χ0v) is 10.7. The van der Waals surface area contributed by atoms with Gasteiger partial charge in [0.25, 0.3) is 0 Å². The third-order valence-corrected chi connectivity index (χ3v) is 5.68. The molecule has 3 N–H and O–H groups in total. The summed E-state index contributed by atoms with van der Waals surface area (Å²) >= 11 is 0. The van der Waals surface area contributed by atoms with Crippen LogP contribution in [0.3, 0.4) is 0 Å². The number of nitrogen functional groups attached to an aromatic ring is 1. The van der Waals surface area contributed by atoms with Crippen LogP contribution >= 0.6 is 0 Å². The van der Waals surface area contributed by atoms with Crippen molar-refractivity contribution in [3.05, 3.63) is 23.8 Å². The summed E-state index contributed by atoms with van der Waals surface area (Å²) in [7, 11) is 0. The molecule has 4 saturated carbocycles. The largest absolute Gasteiger partial charge is 0.505 e. The van der Waals surface area contributed by atoms with E-state index >= 15 is 0 Å². The van der Waals surface area contributed by atoms with Gasteiger partial charge in [-0.15, -0.1) is 0 Å². The van der Waals surface area contributed by atoms with E-state index in [1.54, 1.807) is 6.07 Å². The Morgan fingerprint density at radius 1 is 1.00 bits per heavy atom. The number of anilines is 1. The van der Waals surface area contributed by atoms with Gasteiger partial charge in [-0.2, -0.15) is 0 Å². The highest BCUT2D eigenvalue weighted by atomic mass is 16.3. The van der Waals surface area contributed by atoms with Gasteiger partial charge in [0.15, 0.2) is 0 Å². The molecule has 4 aliphatic rings. The molecule has 0 spiro atoms. The third-order valence-electron chi connectivity index (χ3n) is 5.68. The van der Waals surface area contributed by atoms with E-state index in [1.165, 1.54) is 38.5 Å². The van der Waals surface area contributed by atoms with Gasteiger partial charge in [0.05, 0.1) is 5.69 Å². The molecule has 0 radical (unpaired) electrons. The molecule has 2 heteroatoms. The highest BCUT2D eigenvalue weighted by Crippen LogP contribution is 2.62. The van der Waals surface area contributed by atoms with E-state index in [-0.39, 0.29) is 5.41 Å². The van der Waals surface area contributed by atoms with Crippen LogP contribution in [0.1, 0.15) is 44.1 Å². The number of phenols is 1. The lowest BCUT2D eigenvalue weighted by Gasteiger charge is -2.57. The molecule has 0 amide bonds. The molecule has 1 aromatic rings. The number of phenolic OH excluding ortho intramolecular Hbond substituents is 1. The minimum absolute atomic E-state index is 0.244. The molecule has 96 valence electrons. The lowest BCUT2D eigenvalue weighted by Crippen LogP contribution is -2.48. The molecule has 4 aliphatic carbocycles. The molecule has 2 nitrogen and oxygen atoms in total. The van der Waals surface area contributed by atoms with E-state index in [1.807, 2.05) is 6.07 Å². The highest BCUT2D eigenvalue weighted by molar-refractivity contribution is 5.58. The average Bonchev–Trinajstić information content (AvgIpc) is 2.30. The lowest BCUT2D eigenvalue weighted by atomic mass is 9.48. The van der Waals surface area contributed by atoms with Crippen LogP contribution in [0.25, 0.3) is 0 Å². The Kier molecular flexibility index (Phi) is 2.04. The molecule has 0 aliphatic heterocycles. The van der Waals surface area contributed by atoms with E-state index < -0.39 is 0 Å². The zero-order chi connectivity index (χ0) is 12.3. The maximum absolute atomic E-state index is 10.3. The van der Waals surface area contributed by atoms with Crippen molar-refractivity contribution in [2.24, 2.45) is 17.8 Å². The van der Waals surface area contributed by atoms with Gasteiger partial charge in [-0.25, -0.2) is 0 Å². The Balaban J connectivity index is 1.81. The van der Waals surface area contributed by atoms with Gasteiger partial charge in [0.1, 0.15) is 5.75 Å². The summed E-state index contributed by atoms with van der Waals surface area (Å²) in [5.74, 6) is 3.06. The fourth-order valence-electron chi connectivity index (χ4n) is 5.43. The van der Waals surface area contributed by atoms with Crippen LogP contribution in [0.15, 0.2) is 18.2 Å². The Hall–Kier alpha value is -1.18. The predicted octanol–water partition coefficient (Wildman–Crippen LogP) is 3.44. The average molecular weight is 243 g/mol. The number of rotatable bonds is 1. The molecule has 0 saturated heterocycles. The van der Waals surface area contributed by atoms with Crippen LogP contribution in [-0.4, -0.2) is 5.11 Å². The standard InChI is InChI=1S/C16H21NO/c17-14-3-1-2-13(15(14)18)16-7-10-4-11(8-16)6-12(5-10)9-16/h1-3,10-12,18H,4-9,17H2. The Bertz CT molecular complexity index is 459. The number of hydrogen-bond donors (Lipinski definition) is 2. The summed E-state index contributed by atoms with van der Waals surface area (Å²) in [5, 5.41) is 10.3. The molecular weight excluding hydrogens is 222 g/mol. The van der Waals surface area contributed by atoms with Crippen molar-refractivity contribution < 1.29 is 5.11 Å². The van der Waals surface area contributed by atoms with Crippen LogP contribution in [-0.2, 0) is 5.41 Å². The summed E-state index contributed by atoms with van der Waals surface area (Å²) in [6.07, 6.45) is 8.12. The first kappa shape index (κ1) is 10.7. The number of nitrogens with two attached hydrogens (primary N) is 1.